The van der Waals surface area contributed by atoms with Crippen LogP contribution >= 0.6 is 0 Å². The third kappa shape index (κ3) is 0.883. The van der Waals surface area contributed by atoms with Crippen LogP contribution in [0.3, 0.4) is 0 Å². The lowest BCUT2D eigenvalue weighted by Gasteiger charge is -2.09. The van der Waals surface area contributed by atoms with Gasteiger partial charge in [-0.1, -0.05) is 0 Å². The maximum Gasteiger partial charge on any atom is 0.335 e. The van der Waals surface area contributed by atoms with Crippen LogP contribution in [-0.4, -0.2) is 11.6 Å². The molecule has 0 aromatic heterocycles. The average Bonchev–Trinajstić information content (AvgIpc) is 2.10. The molecule has 0 amide bonds. The number of rotatable bonds is 0. The highest BCUT2D eigenvalue weighted by atomic mass is 16.6. The quantitative estimate of drug-likeness (QED) is 0.463. The van der Waals surface area contributed by atoms with Crippen LogP contribution in [0.4, 0.5) is 0 Å². The Bertz CT molecular complexity index is 249. The van der Waals surface area contributed by atoms with E-state index in [-0.39, 0.29) is 0 Å². The van der Waals surface area contributed by atoms with Gasteiger partial charge in [-0.25, -0.2) is 4.79 Å². The van der Waals surface area contributed by atoms with Crippen LogP contribution in [0.2, 0.25) is 0 Å². The summed E-state index contributed by atoms with van der Waals surface area (Å²) in [6.45, 7) is 3.19. The van der Waals surface area contributed by atoms with Crippen LogP contribution in [0.15, 0.2) is 11.6 Å². The highest BCUT2D eigenvalue weighted by Gasteiger charge is 2.33. The third-order valence-electron chi connectivity index (χ3n) is 1.34. The zero-order valence-electron chi connectivity index (χ0n) is 5.84. The van der Waals surface area contributed by atoms with Gasteiger partial charge in [0.1, 0.15) is 6.07 Å². The molecular weight excluding hydrogens is 130 g/mol. The molecule has 0 aromatic rings. The van der Waals surface area contributed by atoms with Gasteiger partial charge in [0.05, 0.1) is 0 Å². The topological polar surface area (TPSA) is 50.1 Å². The largest absolute Gasteiger partial charge is 0.437 e. The molecule has 1 aliphatic heterocycles. The number of esters is 1. The van der Waals surface area contributed by atoms with Gasteiger partial charge in [0.15, 0.2) is 0 Å². The zero-order chi connectivity index (χ0) is 7.78. The van der Waals surface area contributed by atoms with Crippen molar-refractivity contribution in [3.8, 4) is 6.07 Å². The number of hydrogen-bond acceptors (Lipinski definition) is 3. The predicted octanol–water partition coefficient (Wildman–Crippen LogP) is 0.772. The minimum atomic E-state index is -1.03. The molecule has 0 fully saturated rings. The lowest BCUT2D eigenvalue weighted by Crippen LogP contribution is -2.20. The minimum absolute atomic E-state index is 0.399. The van der Waals surface area contributed by atoms with Crippen molar-refractivity contribution in [2.24, 2.45) is 0 Å². The molecule has 0 aromatic carbocycles. The maximum atomic E-state index is 10.7. The number of hydrogen-bond donors (Lipinski definition) is 0. The van der Waals surface area contributed by atoms with E-state index in [1.165, 1.54) is 6.08 Å². The first-order valence-corrected chi connectivity index (χ1v) is 2.91. The second-order valence-electron chi connectivity index (χ2n) is 2.44. The lowest BCUT2D eigenvalue weighted by molar-refractivity contribution is -0.142. The molecule has 0 bridgehead atoms. The van der Waals surface area contributed by atoms with E-state index in [1.807, 2.05) is 6.07 Å². The Morgan fingerprint density at radius 1 is 1.80 bits per heavy atom. The summed E-state index contributed by atoms with van der Waals surface area (Å²) in [5.41, 5.74) is -0.523. The van der Waals surface area contributed by atoms with Crippen molar-refractivity contribution in [3.05, 3.63) is 11.6 Å². The van der Waals surface area contributed by atoms with Crippen molar-refractivity contribution in [2.45, 2.75) is 19.4 Å². The summed E-state index contributed by atoms with van der Waals surface area (Å²) >= 11 is 0. The van der Waals surface area contributed by atoms with Crippen LogP contribution in [-0.2, 0) is 9.53 Å². The fourth-order valence-electron chi connectivity index (χ4n) is 0.830. The van der Waals surface area contributed by atoms with Crippen LogP contribution in [0, 0.1) is 11.3 Å². The molecule has 0 saturated carbocycles. The van der Waals surface area contributed by atoms with Gasteiger partial charge in [0.25, 0.3) is 0 Å². The van der Waals surface area contributed by atoms with Gasteiger partial charge in [-0.2, -0.15) is 5.26 Å². The Labute approximate surface area is 58.9 Å². The molecule has 52 valence electrons. The second kappa shape index (κ2) is 1.84. The van der Waals surface area contributed by atoms with Crippen LogP contribution < -0.4 is 0 Å². The molecule has 10 heavy (non-hydrogen) atoms. The average molecular weight is 137 g/mol. The van der Waals surface area contributed by atoms with Crippen molar-refractivity contribution in [2.75, 3.05) is 0 Å². The van der Waals surface area contributed by atoms with Crippen molar-refractivity contribution in [1.82, 2.24) is 0 Å². The van der Waals surface area contributed by atoms with Gasteiger partial charge in [-0.05, 0) is 19.9 Å². The van der Waals surface area contributed by atoms with Crippen molar-refractivity contribution in [3.63, 3.8) is 0 Å². The first-order valence-electron chi connectivity index (χ1n) is 2.91. The number of cyclic esters (lactones) is 1. The van der Waals surface area contributed by atoms with Crippen LogP contribution in [0.1, 0.15) is 13.8 Å². The predicted molar refractivity (Wildman–Crippen MR) is 33.9 cm³/mol. The molecule has 1 atom stereocenters. The summed E-state index contributed by atoms with van der Waals surface area (Å²) in [5, 5.41) is 8.49. The van der Waals surface area contributed by atoms with Gasteiger partial charge in [-0.3, -0.25) is 0 Å². The summed E-state index contributed by atoms with van der Waals surface area (Å²) in [6, 6.07) is 1.88. The monoisotopic (exact) mass is 137 g/mol. The van der Waals surface area contributed by atoms with Gasteiger partial charge in [0, 0.05) is 5.57 Å². The molecule has 3 heteroatoms. The van der Waals surface area contributed by atoms with Gasteiger partial charge >= 0.3 is 5.97 Å². The summed E-state index contributed by atoms with van der Waals surface area (Å²) in [6.07, 6.45) is 1.52. The van der Waals surface area contributed by atoms with Gasteiger partial charge < -0.3 is 4.74 Å². The number of ether oxygens (including phenoxy) is 1. The molecule has 0 saturated heterocycles. The van der Waals surface area contributed by atoms with E-state index in [2.05, 4.69) is 0 Å². The van der Waals surface area contributed by atoms with Crippen LogP contribution in [0.25, 0.3) is 0 Å². The van der Waals surface area contributed by atoms with Gasteiger partial charge in [0.2, 0.25) is 5.60 Å². The fourth-order valence-corrected chi connectivity index (χ4v) is 0.830. The highest BCUT2D eigenvalue weighted by molar-refractivity contribution is 5.91. The molecule has 1 unspecified atom stereocenters. The molecule has 1 rings (SSSR count). The Morgan fingerprint density at radius 3 is 2.60 bits per heavy atom. The van der Waals surface area contributed by atoms with E-state index >= 15 is 0 Å². The van der Waals surface area contributed by atoms with E-state index in [1.54, 1.807) is 13.8 Å². The third-order valence-corrected chi connectivity index (χ3v) is 1.34. The van der Waals surface area contributed by atoms with E-state index in [0.717, 1.165) is 0 Å². The molecule has 0 N–H and O–H groups in total. The Kier molecular flexibility index (Phi) is 1.26. The first kappa shape index (κ1) is 6.81. The number of nitrogens with zero attached hydrogens (tertiary/aromatic N) is 1. The normalized spacial score (nSPS) is 30.9. The molecule has 0 spiro atoms. The fraction of sp³-hybridized carbons (Fsp3) is 0.429. The number of carbonyl (C=O) groups is 1. The Hall–Kier alpha value is -1.30. The van der Waals surface area contributed by atoms with E-state index in [9.17, 15) is 4.79 Å². The minimum Gasteiger partial charge on any atom is -0.437 e. The van der Waals surface area contributed by atoms with Crippen molar-refractivity contribution in [1.29, 1.82) is 5.26 Å². The molecule has 0 radical (unpaired) electrons. The summed E-state index contributed by atoms with van der Waals surface area (Å²) < 4.78 is 4.72. The Balaban J connectivity index is 2.96. The zero-order valence-corrected chi connectivity index (χ0v) is 5.84. The smallest absolute Gasteiger partial charge is 0.335 e. The van der Waals surface area contributed by atoms with Crippen LogP contribution in [0.5, 0.6) is 0 Å². The lowest BCUT2D eigenvalue weighted by atomic mass is 10.1. The highest BCUT2D eigenvalue weighted by Crippen LogP contribution is 2.22. The molecular formula is C7H7NO2. The first-order chi connectivity index (χ1) is 4.57. The Morgan fingerprint density at radius 2 is 2.40 bits per heavy atom. The summed E-state index contributed by atoms with van der Waals surface area (Å²) in [5.74, 6) is -0.399. The van der Waals surface area contributed by atoms with Crippen molar-refractivity contribution < 1.29 is 9.53 Å². The maximum absolute atomic E-state index is 10.7. The molecule has 1 aliphatic rings. The van der Waals surface area contributed by atoms with E-state index < -0.39 is 11.6 Å². The number of nitriles is 1. The standard InChI is InChI=1S/C7H7NO2/c1-5-3-7(2,4-8)10-6(5)9/h3H,1-2H3. The van der Waals surface area contributed by atoms with E-state index in [0.29, 0.717) is 5.57 Å². The van der Waals surface area contributed by atoms with Gasteiger partial charge in [-0.15, -0.1) is 0 Å². The summed E-state index contributed by atoms with van der Waals surface area (Å²) in [4.78, 5) is 10.7. The number of carbonyl (C=O) groups excluding carboxylic acids is 1. The molecule has 3 nitrogen and oxygen atoms in total. The second-order valence-corrected chi connectivity index (χ2v) is 2.44. The summed E-state index contributed by atoms with van der Waals surface area (Å²) in [7, 11) is 0. The van der Waals surface area contributed by atoms with Crippen molar-refractivity contribution >= 4 is 5.97 Å². The van der Waals surface area contributed by atoms with E-state index in [4.69, 9.17) is 10.00 Å². The molecule has 1 heterocycles. The SMILES string of the molecule is CC1=CC(C)(C#N)OC1=O. The molecule has 0 aliphatic carbocycles.